The van der Waals surface area contributed by atoms with E-state index >= 15 is 0 Å². The van der Waals surface area contributed by atoms with Crippen LogP contribution in [-0.4, -0.2) is 30.6 Å². The summed E-state index contributed by atoms with van der Waals surface area (Å²) < 4.78 is 0. The first-order chi connectivity index (χ1) is 8.43. The maximum Gasteiger partial charge on any atom is 0.0135 e. The highest BCUT2D eigenvalue weighted by Crippen LogP contribution is 2.42. The standard InChI is InChI=1S/C16H32N2/c1-12-8-14(10-16(2,3)9-12)18(4)15-7-5-6-13(15)11-17/h12-15H,5-11,17H2,1-4H3. The minimum atomic E-state index is 0.521. The third-order valence-electron chi connectivity index (χ3n) is 5.38. The van der Waals surface area contributed by atoms with Crippen LogP contribution in [0.2, 0.25) is 0 Å². The fourth-order valence-corrected chi connectivity index (χ4v) is 4.71. The summed E-state index contributed by atoms with van der Waals surface area (Å²) in [6.45, 7) is 8.19. The highest BCUT2D eigenvalue weighted by atomic mass is 15.2. The molecule has 4 unspecified atom stereocenters. The van der Waals surface area contributed by atoms with Crippen molar-refractivity contribution in [1.29, 1.82) is 0 Å². The first-order valence-electron chi connectivity index (χ1n) is 7.85. The quantitative estimate of drug-likeness (QED) is 0.835. The molecule has 18 heavy (non-hydrogen) atoms. The van der Waals surface area contributed by atoms with Gasteiger partial charge in [-0.3, -0.25) is 0 Å². The smallest absolute Gasteiger partial charge is 0.0135 e. The Morgan fingerprint density at radius 2 is 1.94 bits per heavy atom. The second kappa shape index (κ2) is 5.50. The number of nitrogens with two attached hydrogens (primary N) is 1. The first kappa shape index (κ1) is 14.3. The van der Waals surface area contributed by atoms with Crippen LogP contribution >= 0.6 is 0 Å². The van der Waals surface area contributed by atoms with E-state index < -0.39 is 0 Å². The van der Waals surface area contributed by atoms with Gasteiger partial charge < -0.3 is 10.6 Å². The third kappa shape index (κ3) is 3.08. The van der Waals surface area contributed by atoms with E-state index in [0.29, 0.717) is 5.41 Å². The molecule has 0 aromatic carbocycles. The molecule has 4 atom stereocenters. The molecule has 2 N–H and O–H groups in total. The monoisotopic (exact) mass is 252 g/mol. The lowest BCUT2D eigenvalue weighted by atomic mass is 9.70. The summed E-state index contributed by atoms with van der Waals surface area (Å²) >= 11 is 0. The van der Waals surface area contributed by atoms with Crippen molar-refractivity contribution in [1.82, 2.24) is 4.90 Å². The van der Waals surface area contributed by atoms with Crippen LogP contribution in [0.3, 0.4) is 0 Å². The van der Waals surface area contributed by atoms with Gasteiger partial charge in [-0.2, -0.15) is 0 Å². The van der Waals surface area contributed by atoms with Gasteiger partial charge in [0.15, 0.2) is 0 Å². The van der Waals surface area contributed by atoms with E-state index in [2.05, 4.69) is 32.7 Å². The Morgan fingerprint density at radius 1 is 1.22 bits per heavy atom. The second-order valence-electron chi connectivity index (χ2n) is 7.73. The lowest BCUT2D eigenvalue weighted by Gasteiger charge is -2.45. The predicted molar refractivity (Wildman–Crippen MR) is 78.5 cm³/mol. The average molecular weight is 252 g/mol. The van der Waals surface area contributed by atoms with Crippen LogP contribution < -0.4 is 5.73 Å². The molecule has 106 valence electrons. The Hall–Kier alpha value is -0.0800. The molecule has 0 aliphatic heterocycles. The van der Waals surface area contributed by atoms with Crippen molar-refractivity contribution in [3.05, 3.63) is 0 Å². The third-order valence-corrected chi connectivity index (χ3v) is 5.38. The van der Waals surface area contributed by atoms with Crippen LogP contribution in [0.1, 0.15) is 59.3 Å². The summed E-state index contributed by atoms with van der Waals surface area (Å²) in [5, 5.41) is 0. The molecular formula is C16H32N2. The van der Waals surface area contributed by atoms with Gasteiger partial charge in [0.25, 0.3) is 0 Å². The fourth-order valence-electron chi connectivity index (χ4n) is 4.71. The van der Waals surface area contributed by atoms with Crippen LogP contribution in [0.15, 0.2) is 0 Å². The van der Waals surface area contributed by atoms with Crippen LogP contribution in [0.25, 0.3) is 0 Å². The molecule has 0 amide bonds. The van der Waals surface area contributed by atoms with Gasteiger partial charge in [-0.25, -0.2) is 0 Å². The Morgan fingerprint density at radius 3 is 2.56 bits per heavy atom. The van der Waals surface area contributed by atoms with Crippen molar-refractivity contribution in [2.75, 3.05) is 13.6 Å². The zero-order valence-corrected chi connectivity index (χ0v) is 12.8. The van der Waals surface area contributed by atoms with Gasteiger partial charge in [-0.1, -0.05) is 27.2 Å². The Bertz CT molecular complexity index is 274. The van der Waals surface area contributed by atoms with Crippen molar-refractivity contribution in [3.8, 4) is 0 Å². The summed E-state index contributed by atoms with van der Waals surface area (Å²) in [5.41, 5.74) is 6.47. The molecule has 0 saturated heterocycles. The second-order valence-corrected chi connectivity index (χ2v) is 7.73. The number of nitrogens with zero attached hydrogens (tertiary/aromatic N) is 1. The zero-order valence-electron chi connectivity index (χ0n) is 12.8. The van der Waals surface area contributed by atoms with Crippen molar-refractivity contribution >= 4 is 0 Å². The maximum atomic E-state index is 5.95. The molecule has 2 aliphatic carbocycles. The van der Waals surface area contributed by atoms with Gasteiger partial charge >= 0.3 is 0 Å². The molecule has 2 fully saturated rings. The van der Waals surface area contributed by atoms with Gasteiger partial charge in [-0.15, -0.1) is 0 Å². The molecule has 0 spiro atoms. The molecule has 2 saturated carbocycles. The minimum Gasteiger partial charge on any atom is -0.330 e. The van der Waals surface area contributed by atoms with Crippen molar-refractivity contribution < 1.29 is 0 Å². The fraction of sp³-hybridized carbons (Fsp3) is 1.00. The molecule has 2 nitrogen and oxygen atoms in total. The highest BCUT2D eigenvalue weighted by molar-refractivity contribution is 4.92. The Labute approximate surface area is 113 Å². The Kier molecular flexibility index (Phi) is 4.38. The molecule has 2 heteroatoms. The van der Waals surface area contributed by atoms with E-state index in [1.54, 1.807) is 0 Å². The van der Waals surface area contributed by atoms with Gasteiger partial charge in [0.05, 0.1) is 0 Å². The lowest BCUT2D eigenvalue weighted by molar-refractivity contribution is 0.0470. The van der Waals surface area contributed by atoms with Crippen molar-refractivity contribution in [2.45, 2.75) is 71.4 Å². The molecule has 0 bridgehead atoms. The lowest BCUT2D eigenvalue weighted by Crippen LogP contribution is -2.48. The summed E-state index contributed by atoms with van der Waals surface area (Å²) in [7, 11) is 2.36. The highest BCUT2D eigenvalue weighted by Gasteiger charge is 2.38. The largest absolute Gasteiger partial charge is 0.330 e. The zero-order chi connectivity index (χ0) is 13.3. The normalized spacial score (nSPS) is 40.3. The summed E-state index contributed by atoms with van der Waals surface area (Å²) in [6.07, 6.45) is 8.22. The molecule has 0 aromatic heterocycles. The van der Waals surface area contributed by atoms with Crippen molar-refractivity contribution in [3.63, 3.8) is 0 Å². The number of hydrogen-bond acceptors (Lipinski definition) is 2. The topological polar surface area (TPSA) is 29.3 Å². The van der Waals surface area contributed by atoms with Gasteiger partial charge in [0, 0.05) is 12.1 Å². The molecule has 2 rings (SSSR count). The molecular weight excluding hydrogens is 220 g/mol. The number of rotatable bonds is 3. The SMILES string of the molecule is CC1CC(N(C)C2CCCC2CN)CC(C)(C)C1. The van der Waals surface area contributed by atoms with E-state index in [-0.39, 0.29) is 0 Å². The molecule has 2 aliphatic rings. The Balaban J connectivity index is 2.01. The van der Waals surface area contributed by atoms with Crippen LogP contribution in [0.4, 0.5) is 0 Å². The summed E-state index contributed by atoms with van der Waals surface area (Å²) in [4.78, 5) is 2.70. The average Bonchev–Trinajstić information content (AvgIpc) is 2.73. The van der Waals surface area contributed by atoms with Gasteiger partial charge in [0.1, 0.15) is 0 Å². The summed E-state index contributed by atoms with van der Waals surface area (Å²) in [5.74, 6) is 1.62. The van der Waals surface area contributed by atoms with Gasteiger partial charge in [-0.05, 0) is 62.9 Å². The van der Waals surface area contributed by atoms with Crippen LogP contribution in [0, 0.1) is 17.3 Å². The number of hydrogen-bond donors (Lipinski definition) is 1. The molecule has 0 heterocycles. The maximum absolute atomic E-state index is 5.95. The predicted octanol–water partition coefficient (Wildman–Crippen LogP) is 3.26. The minimum absolute atomic E-state index is 0.521. The first-order valence-corrected chi connectivity index (χ1v) is 7.85. The van der Waals surface area contributed by atoms with Crippen LogP contribution in [-0.2, 0) is 0 Å². The summed E-state index contributed by atoms with van der Waals surface area (Å²) in [6, 6.07) is 1.53. The van der Waals surface area contributed by atoms with Crippen molar-refractivity contribution in [2.24, 2.45) is 23.0 Å². The van der Waals surface area contributed by atoms with E-state index in [9.17, 15) is 0 Å². The van der Waals surface area contributed by atoms with E-state index in [1.807, 2.05) is 0 Å². The van der Waals surface area contributed by atoms with E-state index in [1.165, 1.54) is 38.5 Å². The van der Waals surface area contributed by atoms with Crippen LogP contribution in [0.5, 0.6) is 0 Å². The molecule has 0 aromatic rings. The van der Waals surface area contributed by atoms with Gasteiger partial charge in [0.2, 0.25) is 0 Å². The molecule has 0 radical (unpaired) electrons. The van der Waals surface area contributed by atoms with E-state index in [4.69, 9.17) is 5.73 Å². The van der Waals surface area contributed by atoms with E-state index in [0.717, 1.165) is 30.5 Å².